The highest BCUT2D eigenvalue weighted by Crippen LogP contribution is 2.12. The Balaban J connectivity index is 2.05. The van der Waals surface area contributed by atoms with Crippen molar-refractivity contribution in [2.24, 2.45) is 0 Å². The van der Waals surface area contributed by atoms with Crippen molar-refractivity contribution in [2.75, 3.05) is 5.73 Å². The Labute approximate surface area is 115 Å². The fourth-order valence-corrected chi connectivity index (χ4v) is 1.89. The van der Waals surface area contributed by atoms with Crippen LogP contribution in [0.1, 0.15) is 15.9 Å². The number of hydrogen-bond donors (Lipinski definition) is 2. The topological polar surface area (TPSA) is 55.1 Å². The standard InChI is InChI=1S/C14H12ClFN2O/c15-11-3-1-2-9(4-11)8-18-14(19)10-5-12(16)7-13(17)6-10/h1-7H,8,17H2,(H,18,19). The van der Waals surface area contributed by atoms with E-state index in [0.717, 1.165) is 17.7 Å². The van der Waals surface area contributed by atoms with Crippen LogP contribution in [-0.2, 0) is 6.54 Å². The minimum atomic E-state index is -0.534. The van der Waals surface area contributed by atoms with Gasteiger partial charge in [-0.2, -0.15) is 0 Å². The van der Waals surface area contributed by atoms with Crippen LogP contribution in [0.2, 0.25) is 5.02 Å². The molecule has 0 saturated carbocycles. The van der Waals surface area contributed by atoms with Gasteiger partial charge < -0.3 is 11.1 Å². The molecule has 2 rings (SSSR count). The first-order chi connectivity index (χ1) is 9.04. The van der Waals surface area contributed by atoms with Gasteiger partial charge in [-0.1, -0.05) is 23.7 Å². The fraction of sp³-hybridized carbons (Fsp3) is 0.0714. The van der Waals surface area contributed by atoms with Crippen LogP contribution in [0.4, 0.5) is 10.1 Å². The molecule has 0 unspecified atom stereocenters. The summed E-state index contributed by atoms with van der Waals surface area (Å²) in [5, 5.41) is 3.28. The molecule has 19 heavy (non-hydrogen) atoms. The van der Waals surface area contributed by atoms with Crippen LogP contribution in [0.5, 0.6) is 0 Å². The maximum atomic E-state index is 13.1. The molecule has 0 radical (unpaired) electrons. The molecule has 3 nitrogen and oxygen atoms in total. The third kappa shape index (κ3) is 3.69. The van der Waals surface area contributed by atoms with E-state index in [1.807, 2.05) is 6.07 Å². The summed E-state index contributed by atoms with van der Waals surface area (Å²) >= 11 is 5.84. The van der Waals surface area contributed by atoms with Gasteiger partial charge in [0, 0.05) is 22.8 Å². The average Bonchev–Trinajstić information content (AvgIpc) is 2.35. The normalized spacial score (nSPS) is 10.2. The Kier molecular flexibility index (Phi) is 4.02. The maximum Gasteiger partial charge on any atom is 0.251 e. The second kappa shape index (κ2) is 5.71. The van der Waals surface area contributed by atoms with Crippen molar-refractivity contribution in [1.29, 1.82) is 0 Å². The summed E-state index contributed by atoms with van der Waals surface area (Å²) in [4.78, 5) is 11.8. The number of nitrogen functional groups attached to an aromatic ring is 1. The van der Waals surface area contributed by atoms with Gasteiger partial charge in [0.15, 0.2) is 0 Å². The molecular formula is C14H12ClFN2O. The molecule has 0 aliphatic heterocycles. The molecular weight excluding hydrogens is 267 g/mol. The summed E-state index contributed by atoms with van der Waals surface area (Å²) in [5.41, 5.74) is 6.76. The van der Waals surface area contributed by atoms with Crippen LogP contribution in [0.15, 0.2) is 42.5 Å². The van der Waals surface area contributed by atoms with Crippen LogP contribution in [0, 0.1) is 5.82 Å². The number of rotatable bonds is 3. The van der Waals surface area contributed by atoms with E-state index in [1.54, 1.807) is 18.2 Å². The lowest BCUT2D eigenvalue weighted by Crippen LogP contribution is -2.23. The molecule has 0 spiro atoms. The van der Waals surface area contributed by atoms with Gasteiger partial charge in [-0.3, -0.25) is 4.79 Å². The zero-order valence-electron chi connectivity index (χ0n) is 9.99. The van der Waals surface area contributed by atoms with Gasteiger partial charge in [0.1, 0.15) is 5.82 Å². The molecule has 0 aromatic heterocycles. The van der Waals surface area contributed by atoms with Gasteiger partial charge in [0.05, 0.1) is 0 Å². The van der Waals surface area contributed by atoms with Crippen molar-refractivity contribution >= 4 is 23.2 Å². The van der Waals surface area contributed by atoms with E-state index < -0.39 is 5.82 Å². The summed E-state index contributed by atoms with van der Waals surface area (Å²) in [7, 11) is 0. The van der Waals surface area contributed by atoms with E-state index in [-0.39, 0.29) is 17.2 Å². The number of carbonyl (C=O) groups excluding carboxylic acids is 1. The Morgan fingerprint density at radius 1 is 1.26 bits per heavy atom. The molecule has 0 heterocycles. The molecule has 0 aliphatic carbocycles. The number of halogens is 2. The lowest BCUT2D eigenvalue weighted by atomic mass is 10.1. The summed E-state index contributed by atoms with van der Waals surface area (Å²) < 4.78 is 13.1. The second-order valence-electron chi connectivity index (χ2n) is 4.09. The highest BCUT2D eigenvalue weighted by molar-refractivity contribution is 6.30. The Hall–Kier alpha value is -2.07. The monoisotopic (exact) mass is 278 g/mol. The number of anilines is 1. The van der Waals surface area contributed by atoms with Gasteiger partial charge in [-0.05, 0) is 35.9 Å². The number of hydrogen-bond acceptors (Lipinski definition) is 2. The summed E-state index contributed by atoms with van der Waals surface area (Å²) in [6, 6.07) is 10.9. The smallest absolute Gasteiger partial charge is 0.251 e. The van der Waals surface area contributed by atoms with E-state index in [2.05, 4.69) is 5.32 Å². The first-order valence-corrected chi connectivity index (χ1v) is 6.01. The SMILES string of the molecule is Nc1cc(F)cc(C(=O)NCc2cccc(Cl)c2)c1. The molecule has 0 fully saturated rings. The molecule has 3 N–H and O–H groups in total. The number of nitrogens with one attached hydrogen (secondary N) is 1. The van der Waals surface area contributed by atoms with E-state index >= 15 is 0 Å². The van der Waals surface area contributed by atoms with Crippen molar-refractivity contribution in [3.05, 3.63) is 64.4 Å². The van der Waals surface area contributed by atoms with Crippen LogP contribution >= 0.6 is 11.6 Å². The van der Waals surface area contributed by atoms with E-state index in [9.17, 15) is 9.18 Å². The van der Waals surface area contributed by atoms with Crippen molar-refractivity contribution < 1.29 is 9.18 Å². The third-order valence-electron chi connectivity index (χ3n) is 2.52. The van der Waals surface area contributed by atoms with Crippen LogP contribution < -0.4 is 11.1 Å². The van der Waals surface area contributed by atoms with E-state index in [0.29, 0.717) is 11.6 Å². The van der Waals surface area contributed by atoms with Gasteiger partial charge in [0.25, 0.3) is 5.91 Å². The van der Waals surface area contributed by atoms with Crippen molar-refractivity contribution in [2.45, 2.75) is 6.54 Å². The zero-order chi connectivity index (χ0) is 13.8. The fourth-order valence-electron chi connectivity index (χ4n) is 1.67. The lowest BCUT2D eigenvalue weighted by molar-refractivity contribution is 0.0950. The number of nitrogens with two attached hydrogens (primary N) is 1. The zero-order valence-corrected chi connectivity index (χ0v) is 10.7. The number of benzene rings is 2. The van der Waals surface area contributed by atoms with Gasteiger partial charge >= 0.3 is 0 Å². The first kappa shape index (κ1) is 13.4. The van der Waals surface area contributed by atoms with E-state index in [1.165, 1.54) is 6.07 Å². The van der Waals surface area contributed by atoms with Gasteiger partial charge in [-0.25, -0.2) is 4.39 Å². The quantitative estimate of drug-likeness (QED) is 0.848. The molecule has 1 amide bonds. The van der Waals surface area contributed by atoms with Crippen molar-refractivity contribution in [3.8, 4) is 0 Å². The highest BCUT2D eigenvalue weighted by Gasteiger charge is 2.07. The van der Waals surface area contributed by atoms with E-state index in [4.69, 9.17) is 17.3 Å². The number of carbonyl (C=O) groups is 1. The molecule has 2 aromatic rings. The average molecular weight is 279 g/mol. The van der Waals surface area contributed by atoms with Gasteiger partial charge in [0.2, 0.25) is 0 Å². The van der Waals surface area contributed by atoms with Gasteiger partial charge in [-0.15, -0.1) is 0 Å². The van der Waals surface area contributed by atoms with Crippen LogP contribution in [0.25, 0.3) is 0 Å². The third-order valence-corrected chi connectivity index (χ3v) is 2.76. The highest BCUT2D eigenvalue weighted by atomic mass is 35.5. The molecule has 5 heteroatoms. The minimum Gasteiger partial charge on any atom is -0.399 e. The van der Waals surface area contributed by atoms with Crippen molar-refractivity contribution in [3.63, 3.8) is 0 Å². The summed E-state index contributed by atoms with van der Waals surface area (Å²) in [6.07, 6.45) is 0. The maximum absolute atomic E-state index is 13.1. The predicted molar refractivity (Wildman–Crippen MR) is 73.4 cm³/mol. The predicted octanol–water partition coefficient (Wildman–Crippen LogP) is 2.99. The van der Waals surface area contributed by atoms with Crippen LogP contribution in [0.3, 0.4) is 0 Å². The Morgan fingerprint density at radius 2 is 2.05 bits per heavy atom. The largest absolute Gasteiger partial charge is 0.399 e. The Morgan fingerprint density at radius 3 is 2.74 bits per heavy atom. The van der Waals surface area contributed by atoms with Crippen LogP contribution in [-0.4, -0.2) is 5.91 Å². The lowest BCUT2D eigenvalue weighted by Gasteiger charge is -2.06. The molecule has 0 atom stereocenters. The summed E-state index contributed by atoms with van der Waals surface area (Å²) in [6.45, 7) is 0.315. The Bertz CT molecular complexity index is 596. The molecule has 2 aromatic carbocycles. The molecule has 0 aliphatic rings. The first-order valence-electron chi connectivity index (χ1n) is 5.63. The number of amides is 1. The second-order valence-corrected chi connectivity index (χ2v) is 4.52. The molecule has 98 valence electrons. The minimum absolute atomic E-state index is 0.194. The van der Waals surface area contributed by atoms with Crippen molar-refractivity contribution in [1.82, 2.24) is 5.32 Å². The molecule has 0 saturated heterocycles. The molecule has 0 bridgehead atoms. The summed E-state index contributed by atoms with van der Waals surface area (Å²) in [5.74, 6) is -0.918.